The minimum Gasteiger partial charge on any atom is -0.308 e. The van der Waals surface area contributed by atoms with Crippen molar-refractivity contribution in [2.75, 3.05) is 0 Å². The third-order valence-electron chi connectivity index (χ3n) is 2.59. The van der Waals surface area contributed by atoms with Gasteiger partial charge in [-0.3, -0.25) is 0 Å². The molecule has 0 aliphatic heterocycles. The Bertz CT molecular complexity index is 327. The topological polar surface area (TPSA) is 12.0 Å². The van der Waals surface area contributed by atoms with Crippen molar-refractivity contribution >= 4 is 15.9 Å². The number of halogens is 2. The van der Waals surface area contributed by atoms with Gasteiger partial charge in [-0.25, -0.2) is 4.39 Å². The molecule has 2 unspecified atom stereocenters. The second-order valence-corrected chi connectivity index (χ2v) is 4.73. The average molecular weight is 274 g/mol. The fraction of sp³-hybridized carbons (Fsp3) is 0.500. The Morgan fingerprint density at radius 2 is 2.07 bits per heavy atom. The zero-order chi connectivity index (χ0) is 11.4. The highest BCUT2D eigenvalue weighted by atomic mass is 79.9. The Hall–Kier alpha value is -0.410. The van der Waals surface area contributed by atoms with E-state index in [-0.39, 0.29) is 11.9 Å². The molecule has 0 radical (unpaired) electrons. The highest BCUT2D eigenvalue weighted by Gasteiger charge is 2.09. The van der Waals surface area contributed by atoms with Gasteiger partial charge in [-0.2, -0.15) is 0 Å². The number of benzene rings is 1. The quantitative estimate of drug-likeness (QED) is 0.873. The molecule has 2 atom stereocenters. The minimum absolute atomic E-state index is 0.213. The maximum Gasteiger partial charge on any atom is 0.137 e. The van der Waals surface area contributed by atoms with E-state index < -0.39 is 0 Å². The Labute approximate surface area is 99.2 Å². The lowest BCUT2D eigenvalue weighted by atomic mass is 10.1. The van der Waals surface area contributed by atoms with E-state index in [9.17, 15) is 4.39 Å². The number of nitrogens with one attached hydrogen (secondary N) is 1. The van der Waals surface area contributed by atoms with Crippen molar-refractivity contribution < 1.29 is 4.39 Å². The average Bonchev–Trinajstić information content (AvgIpc) is 2.21. The van der Waals surface area contributed by atoms with Crippen LogP contribution in [0.3, 0.4) is 0 Å². The van der Waals surface area contributed by atoms with E-state index in [1.54, 1.807) is 0 Å². The third kappa shape index (κ3) is 3.58. The van der Waals surface area contributed by atoms with Crippen molar-refractivity contribution in [1.82, 2.24) is 5.32 Å². The van der Waals surface area contributed by atoms with Gasteiger partial charge < -0.3 is 5.32 Å². The van der Waals surface area contributed by atoms with Crippen LogP contribution in [0.2, 0.25) is 0 Å². The summed E-state index contributed by atoms with van der Waals surface area (Å²) in [7, 11) is 0. The number of hydrogen-bond acceptors (Lipinski definition) is 1. The fourth-order valence-electron chi connectivity index (χ4n) is 1.42. The Morgan fingerprint density at radius 1 is 1.40 bits per heavy atom. The zero-order valence-corrected chi connectivity index (χ0v) is 10.9. The molecule has 0 aliphatic carbocycles. The normalized spacial score (nSPS) is 15.0. The predicted octanol–water partition coefficient (Wildman–Crippen LogP) is 4.04. The molecule has 0 heterocycles. The van der Waals surface area contributed by atoms with Crippen LogP contribution < -0.4 is 5.32 Å². The van der Waals surface area contributed by atoms with Crippen molar-refractivity contribution in [3.63, 3.8) is 0 Å². The molecule has 0 amide bonds. The van der Waals surface area contributed by atoms with Gasteiger partial charge in [-0.1, -0.05) is 13.0 Å². The van der Waals surface area contributed by atoms with E-state index in [0.29, 0.717) is 10.5 Å². The summed E-state index contributed by atoms with van der Waals surface area (Å²) in [4.78, 5) is 0. The van der Waals surface area contributed by atoms with Gasteiger partial charge in [0, 0.05) is 12.1 Å². The van der Waals surface area contributed by atoms with Crippen LogP contribution in [0.1, 0.15) is 38.8 Å². The van der Waals surface area contributed by atoms with Gasteiger partial charge in [0.2, 0.25) is 0 Å². The van der Waals surface area contributed by atoms with E-state index in [4.69, 9.17) is 0 Å². The minimum atomic E-state index is -0.213. The van der Waals surface area contributed by atoms with Gasteiger partial charge in [0.25, 0.3) is 0 Å². The summed E-state index contributed by atoms with van der Waals surface area (Å²) in [5, 5.41) is 3.45. The molecule has 1 aromatic rings. The van der Waals surface area contributed by atoms with Crippen molar-refractivity contribution in [1.29, 1.82) is 0 Å². The van der Waals surface area contributed by atoms with Crippen LogP contribution in [0.5, 0.6) is 0 Å². The molecule has 84 valence electrons. The molecule has 0 saturated heterocycles. The van der Waals surface area contributed by atoms with E-state index in [1.165, 1.54) is 6.07 Å². The predicted molar refractivity (Wildman–Crippen MR) is 65.4 cm³/mol. The molecule has 3 heteroatoms. The lowest BCUT2D eigenvalue weighted by Crippen LogP contribution is -2.28. The lowest BCUT2D eigenvalue weighted by Gasteiger charge is -2.19. The van der Waals surface area contributed by atoms with Gasteiger partial charge in [0.05, 0.1) is 4.47 Å². The second-order valence-electron chi connectivity index (χ2n) is 3.87. The van der Waals surface area contributed by atoms with Crippen LogP contribution in [-0.4, -0.2) is 6.04 Å². The smallest absolute Gasteiger partial charge is 0.137 e. The molecular formula is C12H17BrFN. The Kier molecular flexibility index (Phi) is 4.74. The van der Waals surface area contributed by atoms with E-state index >= 15 is 0 Å². The van der Waals surface area contributed by atoms with Gasteiger partial charge in [0.1, 0.15) is 5.82 Å². The first kappa shape index (κ1) is 12.7. The third-order valence-corrected chi connectivity index (χ3v) is 3.20. The Balaban J connectivity index is 2.73. The van der Waals surface area contributed by atoms with Crippen LogP contribution in [0.25, 0.3) is 0 Å². The molecule has 15 heavy (non-hydrogen) atoms. The van der Waals surface area contributed by atoms with Crippen molar-refractivity contribution in [2.45, 2.75) is 39.3 Å². The second kappa shape index (κ2) is 5.61. The van der Waals surface area contributed by atoms with Crippen molar-refractivity contribution in [3.05, 3.63) is 34.1 Å². The lowest BCUT2D eigenvalue weighted by molar-refractivity contribution is 0.468. The highest BCUT2D eigenvalue weighted by Crippen LogP contribution is 2.21. The van der Waals surface area contributed by atoms with E-state index in [1.807, 2.05) is 12.1 Å². The largest absolute Gasteiger partial charge is 0.308 e. The fourth-order valence-corrected chi connectivity index (χ4v) is 1.82. The number of rotatable bonds is 4. The first-order chi connectivity index (χ1) is 7.04. The molecule has 0 aliphatic rings. The molecule has 1 rings (SSSR count). The molecule has 1 aromatic carbocycles. The maximum absolute atomic E-state index is 13.0. The van der Waals surface area contributed by atoms with Gasteiger partial charge in [-0.15, -0.1) is 0 Å². The van der Waals surface area contributed by atoms with Crippen molar-refractivity contribution in [2.24, 2.45) is 0 Å². The first-order valence-electron chi connectivity index (χ1n) is 5.25. The summed E-state index contributed by atoms with van der Waals surface area (Å²) < 4.78 is 13.5. The maximum atomic E-state index is 13.0. The number of hydrogen-bond donors (Lipinski definition) is 1. The molecular weight excluding hydrogens is 257 g/mol. The van der Waals surface area contributed by atoms with Crippen LogP contribution in [0.4, 0.5) is 4.39 Å². The summed E-state index contributed by atoms with van der Waals surface area (Å²) in [6, 6.07) is 5.87. The van der Waals surface area contributed by atoms with Crippen LogP contribution in [-0.2, 0) is 0 Å². The van der Waals surface area contributed by atoms with E-state index in [2.05, 4.69) is 42.0 Å². The van der Waals surface area contributed by atoms with Crippen LogP contribution in [0, 0.1) is 5.82 Å². The highest BCUT2D eigenvalue weighted by molar-refractivity contribution is 9.10. The van der Waals surface area contributed by atoms with Gasteiger partial charge >= 0.3 is 0 Å². The molecule has 0 bridgehead atoms. The summed E-state index contributed by atoms with van der Waals surface area (Å²) in [6.45, 7) is 6.38. The summed E-state index contributed by atoms with van der Waals surface area (Å²) >= 11 is 3.19. The van der Waals surface area contributed by atoms with Crippen molar-refractivity contribution in [3.8, 4) is 0 Å². The standard InChI is InChI=1S/C12H17BrFN/c1-4-8(2)15-9(3)10-5-6-12(14)11(13)7-10/h5-9,15H,4H2,1-3H3. The van der Waals surface area contributed by atoms with Gasteiger partial charge in [-0.05, 0) is 53.9 Å². The molecule has 0 aromatic heterocycles. The SMILES string of the molecule is CCC(C)NC(C)c1ccc(F)c(Br)c1. The monoisotopic (exact) mass is 273 g/mol. The van der Waals surface area contributed by atoms with Crippen LogP contribution >= 0.6 is 15.9 Å². The molecule has 0 spiro atoms. The summed E-state index contributed by atoms with van der Waals surface area (Å²) in [5.74, 6) is -0.213. The van der Waals surface area contributed by atoms with Gasteiger partial charge in [0.15, 0.2) is 0 Å². The first-order valence-corrected chi connectivity index (χ1v) is 6.05. The zero-order valence-electron chi connectivity index (χ0n) is 9.35. The summed E-state index contributed by atoms with van der Waals surface area (Å²) in [5.41, 5.74) is 1.10. The molecule has 1 N–H and O–H groups in total. The summed E-state index contributed by atoms with van der Waals surface area (Å²) in [6.07, 6.45) is 1.09. The molecule has 0 saturated carbocycles. The molecule has 1 nitrogen and oxygen atoms in total. The Morgan fingerprint density at radius 3 is 2.60 bits per heavy atom. The molecule has 0 fully saturated rings. The van der Waals surface area contributed by atoms with Crippen LogP contribution in [0.15, 0.2) is 22.7 Å². The van der Waals surface area contributed by atoms with E-state index in [0.717, 1.165) is 12.0 Å².